The monoisotopic (exact) mass is 226 g/mol. The molecule has 1 aliphatic rings. The van der Waals surface area contributed by atoms with Crippen LogP contribution in [0.5, 0.6) is 5.75 Å². The predicted octanol–water partition coefficient (Wildman–Crippen LogP) is 3.18. The highest BCUT2D eigenvalue weighted by Crippen LogP contribution is 2.38. The molecule has 0 aromatic heterocycles. The summed E-state index contributed by atoms with van der Waals surface area (Å²) in [6, 6.07) is 5.46. The summed E-state index contributed by atoms with van der Waals surface area (Å²) in [6.07, 6.45) is 2.96. The molecule has 15 heavy (non-hydrogen) atoms. The van der Waals surface area contributed by atoms with Gasteiger partial charge in [-0.3, -0.25) is 0 Å². The van der Waals surface area contributed by atoms with E-state index >= 15 is 0 Å². The number of methoxy groups -OCH3 is 1. The van der Waals surface area contributed by atoms with E-state index in [4.69, 9.17) is 16.3 Å². The second-order valence-electron chi connectivity index (χ2n) is 4.09. The second-order valence-corrected chi connectivity index (χ2v) is 4.50. The molecule has 82 valence electrons. The molecule has 1 aliphatic carbocycles. The van der Waals surface area contributed by atoms with Gasteiger partial charge in [0.15, 0.2) is 0 Å². The molecule has 1 aromatic rings. The lowest BCUT2D eigenvalue weighted by Crippen LogP contribution is -1.98. The first-order chi connectivity index (χ1) is 7.20. The Morgan fingerprint density at radius 1 is 1.53 bits per heavy atom. The molecule has 0 heterocycles. The predicted molar refractivity (Wildman–Crippen MR) is 60.3 cm³/mol. The first-order valence-corrected chi connectivity index (χ1v) is 5.60. The van der Waals surface area contributed by atoms with Crippen molar-refractivity contribution in [3.63, 3.8) is 0 Å². The van der Waals surface area contributed by atoms with Gasteiger partial charge >= 0.3 is 0 Å². The maximum Gasteiger partial charge on any atom is 0.137 e. The van der Waals surface area contributed by atoms with Gasteiger partial charge in [-0.1, -0.05) is 30.5 Å². The summed E-state index contributed by atoms with van der Waals surface area (Å²) < 4.78 is 5.06. The Morgan fingerprint density at radius 2 is 2.27 bits per heavy atom. The van der Waals surface area contributed by atoms with E-state index < -0.39 is 0 Å². The molecule has 1 atom stereocenters. The maximum atomic E-state index is 9.92. The quantitative estimate of drug-likeness (QED) is 0.855. The van der Waals surface area contributed by atoms with Crippen molar-refractivity contribution in [1.82, 2.24) is 0 Å². The molecule has 1 saturated carbocycles. The number of halogens is 1. The summed E-state index contributed by atoms with van der Waals surface area (Å²) in [5.74, 6) is 1.36. The lowest BCUT2D eigenvalue weighted by atomic mass is 10.0. The van der Waals surface area contributed by atoms with Crippen molar-refractivity contribution in [3.05, 3.63) is 28.8 Å². The van der Waals surface area contributed by atoms with Crippen LogP contribution in [0, 0.1) is 5.92 Å². The zero-order valence-electron chi connectivity index (χ0n) is 8.74. The van der Waals surface area contributed by atoms with Gasteiger partial charge in [0.05, 0.1) is 18.2 Å². The fourth-order valence-electron chi connectivity index (χ4n) is 1.70. The number of hydrogen-bond acceptors (Lipinski definition) is 2. The third-order valence-electron chi connectivity index (χ3n) is 2.81. The minimum absolute atomic E-state index is 0.388. The zero-order valence-corrected chi connectivity index (χ0v) is 9.50. The van der Waals surface area contributed by atoms with Crippen LogP contribution in [-0.4, -0.2) is 12.2 Å². The van der Waals surface area contributed by atoms with Gasteiger partial charge in [-0.25, -0.2) is 0 Å². The van der Waals surface area contributed by atoms with Crippen molar-refractivity contribution in [2.24, 2.45) is 5.92 Å². The summed E-state index contributed by atoms with van der Waals surface area (Å²) in [7, 11) is 1.58. The Hall–Kier alpha value is -0.730. The molecule has 1 aromatic carbocycles. The summed E-state index contributed by atoms with van der Waals surface area (Å²) in [5.41, 5.74) is 0.882. The van der Waals surface area contributed by atoms with Crippen LogP contribution in [0.4, 0.5) is 0 Å². The lowest BCUT2D eigenvalue weighted by Gasteiger charge is -2.11. The van der Waals surface area contributed by atoms with Crippen LogP contribution in [0.15, 0.2) is 18.2 Å². The van der Waals surface area contributed by atoms with Crippen LogP contribution in [0.2, 0.25) is 5.02 Å². The first-order valence-electron chi connectivity index (χ1n) is 5.22. The van der Waals surface area contributed by atoms with Crippen LogP contribution in [0.3, 0.4) is 0 Å². The zero-order chi connectivity index (χ0) is 10.8. The Kier molecular flexibility index (Phi) is 3.17. The molecule has 3 heteroatoms. The molecule has 0 spiro atoms. The molecule has 0 aliphatic heterocycles. The van der Waals surface area contributed by atoms with Crippen LogP contribution >= 0.6 is 11.6 Å². The van der Waals surface area contributed by atoms with Crippen molar-refractivity contribution in [3.8, 4) is 5.75 Å². The largest absolute Gasteiger partial charge is 0.495 e. The number of rotatable bonds is 4. The molecule has 1 N–H and O–H groups in total. The van der Waals surface area contributed by atoms with E-state index in [1.807, 2.05) is 6.07 Å². The molecule has 1 unspecified atom stereocenters. The van der Waals surface area contributed by atoms with E-state index in [0.717, 1.165) is 12.0 Å². The van der Waals surface area contributed by atoms with Crippen molar-refractivity contribution < 1.29 is 9.84 Å². The van der Waals surface area contributed by atoms with Crippen molar-refractivity contribution in [2.45, 2.75) is 25.4 Å². The standard InChI is InChI=1S/C12H15ClO2/c1-15-12-5-4-9(7-10(12)13)11(14)6-8-2-3-8/h4-5,7-8,11,14H,2-3,6H2,1H3. The van der Waals surface area contributed by atoms with E-state index in [0.29, 0.717) is 16.7 Å². The summed E-state index contributed by atoms with van der Waals surface area (Å²) in [5, 5.41) is 10.5. The number of aliphatic hydroxyl groups excluding tert-OH is 1. The molecule has 2 nitrogen and oxygen atoms in total. The van der Waals surface area contributed by atoms with Gasteiger partial charge in [-0.2, -0.15) is 0 Å². The first kappa shape index (κ1) is 10.8. The van der Waals surface area contributed by atoms with Crippen LogP contribution in [0.1, 0.15) is 30.9 Å². The number of ether oxygens (including phenoxy) is 1. The molecule has 1 fully saturated rings. The second kappa shape index (κ2) is 4.42. The molecular formula is C12H15ClO2. The Balaban J connectivity index is 2.09. The topological polar surface area (TPSA) is 29.5 Å². The SMILES string of the molecule is COc1ccc(C(O)CC2CC2)cc1Cl. The van der Waals surface area contributed by atoms with Crippen LogP contribution in [0.25, 0.3) is 0 Å². The van der Waals surface area contributed by atoms with E-state index in [1.165, 1.54) is 12.8 Å². The fourth-order valence-corrected chi connectivity index (χ4v) is 1.96. The van der Waals surface area contributed by atoms with Crippen LogP contribution in [-0.2, 0) is 0 Å². The van der Waals surface area contributed by atoms with E-state index in [-0.39, 0.29) is 6.10 Å². The summed E-state index contributed by atoms with van der Waals surface area (Å²) >= 11 is 5.99. The third-order valence-corrected chi connectivity index (χ3v) is 3.11. The smallest absolute Gasteiger partial charge is 0.137 e. The van der Waals surface area contributed by atoms with Crippen molar-refractivity contribution >= 4 is 11.6 Å². The number of aliphatic hydroxyl groups is 1. The van der Waals surface area contributed by atoms with Gasteiger partial charge in [0.25, 0.3) is 0 Å². The van der Waals surface area contributed by atoms with Gasteiger partial charge < -0.3 is 9.84 Å². The van der Waals surface area contributed by atoms with E-state index in [9.17, 15) is 5.11 Å². The molecular weight excluding hydrogens is 212 g/mol. The van der Waals surface area contributed by atoms with Gasteiger partial charge in [0.2, 0.25) is 0 Å². The maximum absolute atomic E-state index is 9.92. The third kappa shape index (κ3) is 2.64. The molecule has 0 saturated heterocycles. The highest BCUT2D eigenvalue weighted by molar-refractivity contribution is 6.32. The summed E-state index contributed by atoms with van der Waals surface area (Å²) in [6.45, 7) is 0. The Morgan fingerprint density at radius 3 is 2.80 bits per heavy atom. The van der Waals surface area contributed by atoms with Crippen molar-refractivity contribution in [1.29, 1.82) is 0 Å². The van der Waals surface area contributed by atoms with Gasteiger partial charge in [-0.15, -0.1) is 0 Å². The van der Waals surface area contributed by atoms with Gasteiger partial charge in [0.1, 0.15) is 5.75 Å². The van der Waals surface area contributed by atoms with E-state index in [2.05, 4.69) is 0 Å². The summed E-state index contributed by atoms with van der Waals surface area (Å²) in [4.78, 5) is 0. The average molecular weight is 227 g/mol. The fraction of sp³-hybridized carbons (Fsp3) is 0.500. The van der Waals surface area contributed by atoms with Crippen molar-refractivity contribution in [2.75, 3.05) is 7.11 Å². The lowest BCUT2D eigenvalue weighted by molar-refractivity contribution is 0.160. The normalized spacial score (nSPS) is 17.5. The van der Waals surface area contributed by atoms with Crippen LogP contribution < -0.4 is 4.74 Å². The highest BCUT2D eigenvalue weighted by Gasteiger charge is 2.25. The minimum atomic E-state index is -0.388. The number of hydrogen-bond donors (Lipinski definition) is 1. The highest BCUT2D eigenvalue weighted by atomic mass is 35.5. The van der Waals surface area contributed by atoms with E-state index in [1.54, 1.807) is 19.2 Å². The van der Waals surface area contributed by atoms with Gasteiger partial charge in [-0.05, 0) is 30.0 Å². The molecule has 2 rings (SSSR count). The molecule has 0 amide bonds. The Labute approximate surface area is 94.8 Å². The molecule has 0 radical (unpaired) electrons. The minimum Gasteiger partial charge on any atom is -0.495 e. The number of benzene rings is 1. The van der Waals surface area contributed by atoms with Gasteiger partial charge in [0, 0.05) is 0 Å². The Bertz CT molecular complexity index is 347. The molecule has 0 bridgehead atoms. The average Bonchev–Trinajstić information content (AvgIpc) is 3.01.